The molecule has 1 amide bonds. The molecule has 4 heterocycles. The number of fused-ring (bicyclic) bond motifs is 1. The molecule has 0 saturated carbocycles. The van der Waals surface area contributed by atoms with Gasteiger partial charge in [-0.25, -0.2) is 19.0 Å². The number of nitrogens with zero attached hydrogens (tertiary/aromatic N) is 7. The minimum absolute atomic E-state index is 0.0707. The van der Waals surface area contributed by atoms with E-state index >= 15 is 0 Å². The number of carbonyl (C=O) groups is 1. The largest absolute Gasteiger partial charge is 0.340 e. The molecule has 0 aliphatic carbocycles. The van der Waals surface area contributed by atoms with Crippen molar-refractivity contribution in [1.29, 1.82) is 0 Å². The highest BCUT2D eigenvalue weighted by molar-refractivity contribution is 5.77. The van der Waals surface area contributed by atoms with Crippen molar-refractivity contribution in [1.82, 2.24) is 34.8 Å². The molecule has 5 rings (SSSR count). The lowest BCUT2D eigenvalue weighted by atomic mass is 10.0. The fourth-order valence-corrected chi connectivity index (χ4v) is 3.77. The zero-order valence-electron chi connectivity index (χ0n) is 17.9. The third kappa shape index (κ3) is 4.54. The summed E-state index contributed by atoms with van der Waals surface area (Å²) >= 11 is 0. The molecule has 0 bridgehead atoms. The summed E-state index contributed by atoms with van der Waals surface area (Å²) in [5, 5.41) is 11.1. The number of hydrogen-bond donors (Lipinski definition) is 1. The van der Waals surface area contributed by atoms with Crippen molar-refractivity contribution in [3.8, 4) is 11.4 Å². The van der Waals surface area contributed by atoms with E-state index in [0.29, 0.717) is 36.8 Å². The van der Waals surface area contributed by atoms with Gasteiger partial charge in [0.25, 0.3) is 0 Å². The number of carbonyl (C=O) groups excluding carboxylic acids is 1. The van der Waals surface area contributed by atoms with Crippen LogP contribution in [0.2, 0.25) is 0 Å². The third-order valence-corrected chi connectivity index (χ3v) is 5.37. The highest BCUT2D eigenvalue weighted by Crippen LogP contribution is 2.29. The first-order valence-corrected chi connectivity index (χ1v) is 10.5. The van der Waals surface area contributed by atoms with Crippen molar-refractivity contribution in [3.05, 3.63) is 77.8 Å². The standard InChI is InChI=1S/C23H21FN8O/c1-15-12-32(30-29-15)14-21(33)31-9-7-20-19(13-31)23(26-18-6-2-5-17(24)10-18)28-22(27-20)16-4-3-8-25-11-16/h2-6,8,10-12H,7,9,13-14H2,1H3,(H,26,27,28). The first-order chi connectivity index (χ1) is 16.0. The van der Waals surface area contributed by atoms with E-state index in [1.807, 2.05) is 19.1 Å². The summed E-state index contributed by atoms with van der Waals surface area (Å²) in [6, 6.07) is 9.89. The highest BCUT2D eigenvalue weighted by Gasteiger charge is 2.26. The van der Waals surface area contributed by atoms with Gasteiger partial charge in [0.05, 0.1) is 17.9 Å². The van der Waals surface area contributed by atoms with E-state index in [1.54, 1.807) is 35.6 Å². The van der Waals surface area contributed by atoms with Gasteiger partial charge in [0.15, 0.2) is 5.82 Å². The molecule has 1 N–H and O–H groups in total. The Kier molecular flexibility index (Phi) is 5.47. The van der Waals surface area contributed by atoms with E-state index in [9.17, 15) is 9.18 Å². The van der Waals surface area contributed by atoms with Crippen molar-refractivity contribution in [3.63, 3.8) is 0 Å². The minimum atomic E-state index is -0.352. The molecule has 0 radical (unpaired) electrons. The molecule has 4 aromatic rings. The lowest BCUT2D eigenvalue weighted by Gasteiger charge is -2.30. The van der Waals surface area contributed by atoms with Crippen molar-refractivity contribution in [2.75, 3.05) is 11.9 Å². The molecule has 0 unspecified atom stereocenters. The first-order valence-electron chi connectivity index (χ1n) is 10.5. The van der Waals surface area contributed by atoms with Crippen LogP contribution in [0.3, 0.4) is 0 Å². The number of hydrogen-bond acceptors (Lipinski definition) is 7. The molecule has 10 heteroatoms. The highest BCUT2D eigenvalue weighted by atomic mass is 19.1. The molecule has 33 heavy (non-hydrogen) atoms. The van der Waals surface area contributed by atoms with Crippen molar-refractivity contribution < 1.29 is 9.18 Å². The van der Waals surface area contributed by atoms with Gasteiger partial charge >= 0.3 is 0 Å². The maximum atomic E-state index is 13.8. The predicted molar refractivity (Wildman–Crippen MR) is 119 cm³/mol. The average Bonchev–Trinajstić information content (AvgIpc) is 3.23. The zero-order chi connectivity index (χ0) is 22.8. The number of pyridine rings is 1. The summed E-state index contributed by atoms with van der Waals surface area (Å²) in [5.74, 6) is 0.645. The third-order valence-electron chi connectivity index (χ3n) is 5.37. The summed E-state index contributed by atoms with van der Waals surface area (Å²) in [7, 11) is 0. The molecule has 1 aliphatic rings. The van der Waals surface area contributed by atoms with E-state index in [4.69, 9.17) is 9.97 Å². The quantitative estimate of drug-likeness (QED) is 0.505. The molecule has 1 aromatic carbocycles. The van der Waals surface area contributed by atoms with E-state index in [1.165, 1.54) is 16.8 Å². The summed E-state index contributed by atoms with van der Waals surface area (Å²) in [5.41, 5.74) is 3.76. The second-order valence-corrected chi connectivity index (χ2v) is 7.82. The lowest BCUT2D eigenvalue weighted by Crippen LogP contribution is -2.39. The van der Waals surface area contributed by atoms with Crippen LogP contribution in [-0.4, -0.2) is 47.3 Å². The Balaban J connectivity index is 1.48. The smallest absolute Gasteiger partial charge is 0.244 e. The van der Waals surface area contributed by atoms with Crippen molar-refractivity contribution in [2.45, 2.75) is 26.4 Å². The minimum Gasteiger partial charge on any atom is -0.340 e. The predicted octanol–water partition coefficient (Wildman–Crippen LogP) is 2.91. The Morgan fingerprint density at radius 2 is 2.12 bits per heavy atom. The van der Waals surface area contributed by atoms with E-state index in [2.05, 4.69) is 20.6 Å². The van der Waals surface area contributed by atoms with Gasteiger partial charge in [0, 0.05) is 48.4 Å². The summed E-state index contributed by atoms with van der Waals surface area (Å²) in [4.78, 5) is 28.3. The molecule has 0 atom stereocenters. The summed E-state index contributed by atoms with van der Waals surface area (Å²) in [6.45, 7) is 2.80. The number of nitrogens with one attached hydrogen (secondary N) is 1. The summed E-state index contributed by atoms with van der Waals surface area (Å²) in [6.07, 6.45) is 5.70. The number of amides is 1. The molecular weight excluding hydrogens is 423 g/mol. The number of anilines is 2. The van der Waals surface area contributed by atoms with Crippen LogP contribution in [-0.2, 0) is 24.3 Å². The molecule has 9 nitrogen and oxygen atoms in total. The van der Waals surface area contributed by atoms with Crippen LogP contribution in [0.25, 0.3) is 11.4 Å². The zero-order valence-corrected chi connectivity index (χ0v) is 17.9. The number of aromatic nitrogens is 6. The second-order valence-electron chi connectivity index (χ2n) is 7.82. The number of rotatable bonds is 5. The van der Waals surface area contributed by atoms with Gasteiger partial charge in [0.1, 0.15) is 18.2 Å². The Morgan fingerprint density at radius 1 is 1.21 bits per heavy atom. The normalized spacial score (nSPS) is 13.0. The van der Waals surface area contributed by atoms with Crippen LogP contribution >= 0.6 is 0 Å². The molecule has 0 spiro atoms. The molecule has 3 aromatic heterocycles. The van der Waals surface area contributed by atoms with Gasteiger partial charge in [0.2, 0.25) is 5.91 Å². The van der Waals surface area contributed by atoms with Crippen LogP contribution in [0.1, 0.15) is 17.0 Å². The van der Waals surface area contributed by atoms with Crippen LogP contribution in [0.5, 0.6) is 0 Å². The molecule has 0 fully saturated rings. The monoisotopic (exact) mass is 444 g/mol. The Bertz CT molecular complexity index is 1310. The van der Waals surface area contributed by atoms with E-state index in [0.717, 1.165) is 22.5 Å². The van der Waals surface area contributed by atoms with Crippen LogP contribution in [0.4, 0.5) is 15.9 Å². The van der Waals surface area contributed by atoms with Crippen molar-refractivity contribution >= 4 is 17.4 Å². The first kappa shape index (κ1) is 20.7. The maximum Gasteiger partial charge on any atom is 0.244 e. The van der Waals surface area contributed by atoms with Crippen LogP contribution in [0, 0.1) is 12.7 Å². The molecule has 166 valence electrons. The van der Waals surface area contributed by atoms with Crippen LogP contribution < -0.4 is 5.32 Å². The van der Waals surface area contributed by atoms with Gasteiger partial charge in [-0.3, -0.25) is 9.78 Å². The Hall–Kier alpha value is -4.21. The van der Waals surface area contributed by atoms with Gasteiger partial charge in [-0.2, -0.15) is 0 Å². The molecular formula is C23H21FN8O. The lowest BCUT2D eigenvalue weighted by molar-refractivity contribution is -0.133. The maximum absolute atomic E-state index is 13.8. The molecule has 0 saturated heterocycles. The van der Waals surface area contributed by atoms with Gasteiger partial charge in [-0.15, -0.1) is 5.10 Å². The van der Waals surface area contributed by atoms with Crippen LogP contribution in [0.15, 0.2) is 55.0 Å². The Morgan fingerprint density at radius 3 is 2.88 bits per heavy atom. The van der Waals surface area contributed by atoms with Crippen molar-refractivity contribution in [2.24, 2.45) is 0 Å². The SMILES string of the molecule is Cc1cn(CC(=O)N2CCc3nc(-c4cccnc4)nc(Nc4cccc(F)c4)c3C2)nn1. The number of halogens is 1. The average molecular weight is 444 g/mol. The Labute approximate surface area is 189 Å². The van der Waals surface area contributed by atoms with E-state index in [-0.39, 0.29) is 18.3 Å². The fourth-order valence-electron chi connectivity index (χ4n) is 3.77. The van der Waals surface area contributed by atoms with Gasteiger partial charge in [-0.05, 0) is 37.3 Å². The number of benzene rings is 1. The fraction of sp³-hybridized carbons (Fsp3) is 0.217. The molecule has 1 aliphatic heterocycles. The summed E-state index contributed by atoms with van der Waals surface area (Å²) < 4.78 is 15.3. The topological polar surface area (TPSA) is 102 Å². The van der Waals surface area contributed by atoms with Gasteiger partial charge < -0.3 is 10.2 Å². The second kappa shape index (κ2) is 8.73. The van der Waals surface area contributed by atoms with E-state index < -0.39 is 0 Å². The van der Waals surface area contributed by atoms with Gasteiger partial charge in [-0.1, -0.05) is 11.3 Å². The number of aryl methyl sites for hydroxylation is 1.